The van der Waals surface area contributed by atoms with Crippen LogP contribution in [0.3, 0.4) is 0 Å². The molecule has 2 heterocycles. The molecule has 0 saturated heterocycles. The van der Waals surface area contributed by atoms with Gasteiger partial charge in [-0.3, -0.25) is 4.79 Å². The number of benzene rings is 1. The van der Waals surface area contributed by atoms with E-state index in [2.05, 4.69) is 35.8 Å². The maximum Gasteiger partial charge on any atom is 0.294 e. The predicted molar refractivity (Wildman–Crippen MR) is 93.3 cm³/mol. The van der Waals surface area contributed by atoms with Crippen molar-refractivity contribution < 1.29 is 19.4 Å². The van der Waals surface area contributed by atoms with Crippen LogP contribution in [-0.4, -0.2) is 56.6 Å². The Morgan fingerprint density at radius 1 is 1.37 bits per heavy atom. The third-order valence-corrected chi connectivity index (χ3v) is 3.47. The SMILES string of the molecule is C[NH+](C)Cc1c(C(=O)NN=Cc2ccc(O)cc2)nnn1-c1nonc1N. The molecule has 1 amide bonds. The maximum atomic E-state index is 12.5. The summed E-state index contributed by atoms with van der Waals surface area (Å²) in [6, 6.07) is 6.34. The summed E-state index contributed by atoms with van der Waals surface area (Å²) in [5.41, 5.74) is 9.38. The number of nitrogens with zero attached hydrogens (tertiary/aromatic N) is 6. The molecule has 27 heavy (non-hydrogen) atoms. The largest absolute Gasteiger partial charge is 0.508 e. The number of nitrogen functional groups attached to an aromatic ring is 1. The number of carbonyl (C=O) groups is 1. The number of rotatable bonds is 6. The Labute approximate surface area is 153 Å². The summed E-state index contributed by atoms with van der Waals surface area (Å²) in [5.74, 6) is -0.203. The number of nitrogens with one attached hydrogen (secondary N) is 2. The number of amides is 1. The van der Waals surface area contributed by atoms with Crippen LogP contribution in [0.25, 0.3) is 5.82 Å². The minimum atomic E-state index is -0.539. The van der Waals surface area contributed by atoms with Crippen molar-refractivity contribution in [3.05, 3.63) is 41.2 Å². The van der Waals surface area contributed by atoms with Crippen molar-refractivity contribution in [2.24, 2.45) is 5.10 Å². The van der Waals surface area contributed by atoms with Gasteiger partial charge >= 0.3 is 0 Å². The van der Waals surface area contributed by atoms with Crippen LogP contribution in [0.5, 0.6) is 5.75 Å². The fraction of sp³-hybridized carbons (Fsp3) is 0.200. The van der Waals surface area contributed by atoms with Crippen molar-refractivity contribution in [1.29, 1.82) is 0 Å². The number of phenolic OH excluding ortho intramolecular Hbond substituents is 1. The zero-order valence-electron chi connectivity index (χ0n) is 14.6. The Hall–Kier alpha value is -3.80. The summed E-state index contributed by atoms with van der Waals surface area (Å²) in [6.07, 6.45) is 1.44. The molecule has 0 aliphatic carbocycles. The first-order chi connectivity index (χ1) is 13.0. The van der Waals surface area contributed by atoms with Crippen LogP contribution < -0.4 is 16.1 Å². The molecule has 0 bridgehead atoms. The molecule has 2 aromatic heterocycles. The fourth-order valence-corrected chi connectivity index (χ4v) is 2.26. The molecule has 1 aromatic carbocycles. The van der Waals surface area contributed by atoms with Crippen molar-refractivity contribution in [2.75, 3.05) is 19.8 Å². The van der Waals surface area contributed by atoms with Crippen LogP contribution in [0.4, 0.5) is 5.82 Å². The third kappa shape index (κ3) is 4.07. The molecular weight excluding hydrogens is 354 g/mol. The highest BCUT2D eigenvalue weighted by atomic mass is 16.6. The van der Waals surface area contributed by atoms with Gasteiger partial charge in [-0.1, -0.05) is 5.21 Å². The lowest BCUT2D eigenvalue weighted by Gasteiger charge is -2.08. The van der Waals surface area contributed by atoms with Crippen LogP contribution >= 0.6 is 0 Å². The zero-order valence-corrected chi connectivity index (χ0v) is 14.6. The Balaban J connectivity index is 1.82. The number of quaternary nitrogens is 1. The van der Waals surface area contributed by atoms with E-state index in [1.165, 1.54) is 23.0 Å². The average Bonchev–Trinajstić information content (AvgIpc) is 3.22. The van der Waals surface area contributed by atoms with Gasteiger partial charge in [-0.05, 0) is 40.1 Å². The number of hydrogen-bond donors (Lipinski definition) is 4. The number of aromatic hydroxyl groups is 1. The van der Waals surface area contributed by atoms with E-state index in [0.717, 1.165) is 4.90 Å². The van der Waals surface area contributed by atoms with Crippen molar-refractivity contribution in [1.82, 2.24) is 30.7 Å². The molecule has 3 rings (SSSR count). The Morgan fingerprint density at radius 2 is 2.11 bits per heavy atom. The molecule has 12 heteroatoms. The van der Waals surface area contributed by atoms with E-state index in [0.29, 0.717) is 17.8 Å². The van der Waals surface area contributed by atoms with Crippen molar-refractivity contribution in [3.63, 3.8) is 0 Å². The van der Waals surface area contributed by atoms with Crippen LogP contribution in [0.1, 0.15) is 21.7 Å². The number of nitrogens with two attached hydrogens (primary N) is 1. The molecule has 3 aromatic rings. The van der Waals surface area contributed by atoms with E-state index < -0.39 is 5.91 Å². The quantitative estimate of drug-likeness (QED) is 0.295. The monoisotopic (exact) mass is 372 g/mol. The van der Waals surface area contributed by atoms with Gasteiger partial charge in [0.1, 0.15) is 18.0 Å². The highest BCUT2D eigenvalue weighted by Gasteiger charge is 2.25. The molecule has 0 aliphatic rings. The topological polar surface area (TPSA) is 162 Å². The number of aromatic nitrogens is 5. The molecule has 0 aliphatic heterocycles. The second kappa shape index (κ2) is 7.61. The van der Waals surface area contributed by atoms with E-state index >= 15 is 0 Å². The standard InChI is InChI=1S/C15H17N9O3/c1-23(2)8-11-12(18-22-24(11)14-13(16)20-27-21-14)15(26)19-17-7-9-3-5-10(25)6-4-9/h3-7,25H,8H2,1-2H3,(H2,16,20)(H,19,26)/p+1. The number of hydrazone groups is 1. The second-order valence-electron chi connectivity index (χ2n) is 5.94. The summed E-state index contributed by atoms with van der Waals surface area (Å²) in [6.45, 7) is 0.420. The number of anilines is 1. The van der Waals surface area contributed by atoms with E-state index in [1.807, 2.05) is 14.1 Å². The molecule has 12 nitrogen and oxygen atoms in total. The fourth-order valence-electron chi connectivity index (χ4n) is 2.26. The Bertz CT molecular complexity index is 959. The van der Waals surface area contributed by atoms with Crippen molar-refractivity contribution in [3.8, 4) is 11.6 Å². The van der Waals surface area contributed by atoms with Crippen LogP contribution in [0.15, 0.2) is 34.0 Å². The molecule has 0 fully saturated rings. The van der Waals surface area contributed by atoms with E-state index in [9.17, 15) is 9.90 Å². The summed E-state index contributed by atoms with van der Waals surface area (Å²) in [7, 11) is 3.82. The summed E-state index contributed by atoms with van der Waals surface area (Å²) in [4.78, 5) is 13.5. The first kappa shape index (κ1) is 18.0. The normalized spacial score (nSPS) is 11.4. The minimum absolute atomic E-state index is 0.0345. The summed E-state index contributed by atoms with van der Waals surface area (Å²) < 4.78 is 5.91. The number of carbonyl (C=O) groups excluding carboxylic acids is 1. The van der Waals surface area contributed by atoms with E-state index in [-0.39, 0.29) is 23.1 Å². The molecule has 140 valence electrons. The highest BCUT2D eigenvalue weighted by Crippen LogP contribution is 2.15. The van der Waals surface area contributed by atoms with Crippen LogP contribution in [0, 0.1) is 0 Å². The molecule has 0 atom stereocenters. The lowest BCUT2D eigenvalue weighted by molar-refractivity contribution is -0.873. The van der Waals surface area contributed by atoms with Gasteiger partial charge in [0.25, 0.3) is 5.91 Å². The second-order valence-corrected chi connectivity index (χ2v) is 5.94. The van der Waals surface area contributed by atoms with Gasteiger partial charge in [0.05, 0.1) is 20.3 Å². The number of hydrogen-bond acceptors (Lipinski definition) is 9. The zero-order chi connectivity index (χ0) is 19.4. The molecular formula is C15H18N9O3+. The van der Waals surface area contributed by atoms with Crippen molar-refractivity contribution in [2.45, 2.75) is 6.54 Å². The molecule has 0 radical (unpaired) electrons. The van der Waals surface area contributed by atoms with Gasteiger partial charge in [0.15, 0.2) is 5.69 Å². The van der Waals surface area contributed by atoms with Gasteiger partial charge in [-0.2, -0.15) is 9.78 Å². The van der Waals surface area contributed by atoms with E-state index in [1.54, 1.807) is 12.1 Å². The molecule has 0 spiro atoms. The molecule has 0 saturated carbocycles. The first-order valence-corrected chi connectivity index (χ1v) is 7.90. The smallest absolute Gasteiger partial charge is 0.294 e. The number of phenols is 1. The summed E-state index contributed by atoms with van der Waals surface area (Å²) >= 11 is 0. The van der Waals surface area contributed by atoms with Gasteiger partial charge in [-0.15, -0.1) is 5.10 Å². The van der Waals surface area contributed by atoms with Crippen LogP contribution in [-0.2, 0) is 6.54 Å². The first-order valence-electron chi connectivity index (χ1n) is 7.90. The Kier molecular flexibility index (Phi) is 5.08. The predicted octanol–water partition coefficient (Wildman–Crippen LogP) is -1.65. The third-order valence-electron chi connectivity index (χ3n) is 3.47. The summed E-state index contributed by atoms with van der Waals surface area (Å²) in [5, 5.41) is 28.2. The van der Waals surface area contributed by atoms with Crippen molar-refractivity contribution >= 4 is 17.9 Å². The average molecular weight is 372 g/mol. The van der Waals surface area contributed by atoms with E-state index in [4.69, 9.17) is 5.73 Å². The minimum Gasteiger partial charge on any atom is -0.508 e. The lowest BCUT2D eigenvalue weighted by Crippen LogP contribution is -3.04. The molecule has 5 N–H and O–H groups in total. The van der Waals surface area contributed by atoms with Gasteiger partial charge in [0, 0.05) is 0 Å². The van der Waals surface area contributed by atoms with Gasteiger partial charge in [0.2, 0.25) is 11.6 Å². The van der Waals surface area contributed by atoms with Gasteiger partial charge < -0.3 is 15.7 Å². The highest BCUT2D eigenvalue weighted by molar-refractivity contribution is 5.94. The van der Waals surface area contributed by atoms with Gasteiger partial charge in [-0.25, -0.2) is 10.1 Å². The molecule has 0 unspecified atom stereocenters. The van der Waals surface area contributed by atoms with Crippen LogP contribution in [0.2, 0.25) is 0 Å². The lowest BCUT2D eigenvalue weighted by atomic mass is 10.2. The Morgan fingerprint density at radius 3 is 2.74 bits per heavy atom. The maximum absolute atomic E-state index is 12.5.